The van der Waals surface area contributed by atoms with E-state index in [0.717, 1.165) is 18.2 Å². The van der Waals surface area contributed by atoms with Crippen LogP contribution in [0.4, 0.5) is 0 Å². The quantitative estimate of drug-likeness (QED) is 0.690. The molecule has 2 rings (SSSR count). The van der Waals surface area contributed by atoms with E-state index in [1.54, 1.807) is 6.92 Å². The number of carboxylic acid groups (broad SMARTS) is 1. The van der Waals surface area contributed by atoms with Crippen LogP contribution in [0.5, 0.6) is 0 Å². The molecule has 0 aromatic carbocycles. The van der Waals surface area contributed by atoms with Crippen molar-refractivity contribution in [3.63, 3.8) is 0 Å². The standard InChI is InChI=1S/C13H20N2O2/c1-8-3-6-10(15-7-9-4-5-9)11(14)13(8,2)12(16)17/h3,6,8-9,15H,4-5,7,14H2,1-2H3,(H,16,17). The minimum atomic E-state index is -0.999. The zero-order valence-corrected chi connectivity index (χ0v) is 10.4. The Kier molecular flexibility index (Phi) is 2.89. The Labute approximate surface area is 102 Å². The van der Waals surface area contributed by atoms with E-state index < -0.39 is 11.4 Å². The van der Waals surface area contributed by atoms with Gasteiger partial charge in [-0.25, -0.2) is 0 Å². The molecule has 0 bridgehead atoms. The molecule has 0 aromatic heterocycles. The molecule has 0 aromatic rings. The summed E-state index contributed by atoms with van der Waals surface area (Å²) in [6.45, 7) is 4.47. The lowest BCUT2D eigenvalue weighted by molar-refractivity contribution is -0.147. The van der Waals surface area contributed by atoms with Crippen LogP contribution < -0.4 is 11.1 Å². The molecule has 1 saturated carbocycles. The summed E-state index contributed by atoms with van der Waals surface area (Å²) in [5.41, 5.74) is 6.26. The Morgan fingerprint density at radius 2 is 2.29 bits per heavy atom. The molecular weight excluding hydrogens is 216 g/mol. The Morgan fingerprint density at radius 3 is 2.82 bits per heavy atom. The first-order valence-corrected chi connectivity index (χ1v) is 6.12. The summed E-state index contributed by atoms with van der Waals surface area (Å²) in [4.78, 5) is 11.4. The summed E-state index contributed by atoms with van der Waals surface area (Å²) in [6, 6.07) is 0. The molecule has 0 saturated heterocycles. The monoisotopic (exact) mass is 236 g/mol. The van der Waals surface area contributed by atoms with Crippen LogP contribution in [0, 0.1) is 17.3 Å². The predicted molar refractivity (Wildman–Crippen MR) is 66.0 cm³/mol. The normalized spacial score (nSPS) is 32.7. The highest BCUT2D eigenvalue weighted by molar-refractivity contribution is 5.79. The van der Waals surface area contributed by atoms with Gasteiger partial charge in [0.05, 0.1) is 5.70 Å². The van der Waals surface area contributed by atoms with Crippen LogP contribution in [0.25, 0.3) is 0 Å². The summed E-state index contributed by atoms with van der Waals surface area (Å²) in [5.74, 6) is -0.219. The number of carboxylic acids is 1. The van der Waals surface area contributed by atoms with Crippen molar-refractivity contribution in [2.45, 2.75) is 26.7 Å². The predicted octanol–water partition coefficient (Wildman–Crippen LogP) is 1.45. The average molecular weight is 236 g/mol. The smallest absolute Gasteiger partial charge is 0.316 e. The fourth-order valence-electron chi connectivity index (χ4n) is 2.09. The number of carbonyl (C=O) groups is 1. The molecule has 4 N–H and O–H groups in total. The van der Waals surface area contributed by atoms with Gasteiger partial charge in [-0.2, -0.15) is 0 Å². The van der Waals surface area contributed by atoms with Crippen molar-refractivity contribution < 1.29 is 9.90 Å². The van der Waals surface area contributed by atoms with Crippen LogP contribution in [-0.2, 0) is 4.79 Å². The number of aliphatic carboxylic acids is 1. The van der Waals surface area contributed by atoms with Crippen LogP contribution in [0.1, 0.15) is 26.7 Å². The lowest BCUT2D eigenvalue weighted by atomic mass is 9.72. The van der Waals surface area contributed by atoms with Crippen LogP contribution in [-0.4, -0.2) is 17.6 Å². The van der Waals surface area contributed by atoms with Crippen molar-refractivity contribution in [1.29, 1.82) is 0 Å². The highest BCUT2D eigenvalue weighted by atomic mass is 16.4. The maximum Gasteiger partial charge on any atom is 0.316 e. The van der Waals surface area contributed by atoms with E-state index in [4.69, 9.17) is 5.73 Å². The van der Waals surface area contributed by atoms with Crippen molar-refractivity contribution in [3.8, 4) is 0 Å². The van der Waals surface area contributed by atoms with E-state index >= 15 is 0 Å². The molecule has 2 unspecified atom stereocenters. The third-order valence-electron chi connectivity index (χ3n) is 4.03. The van der Waals surface area contributed by atoms with Gasteiger partial charge in [0.25, 0.3) is 0 Å². The minimum absolute atomic E-state index is 0.0912. The van der Waals surface area contributed by atoms with Gasteiger partial charge >= 0.3 is 5.97 Å². The van der Waals surface area contributed by atoms with Gasteiger partial charge in [-0.15, -0.1) is 0 Å². The molecule has 94 valence electrons. The molecule has 0 aliphatic heterocycles. The lowest BCUT2D eigenvalue weighted by Crippen LogP contribution is -2.43. The van der Waals surface area contributed by atoms with E-state index in [1.807, 2.05) is 19.1 Å². The summed E-state index contributed by atoms with van der Waals surface area (Å²) in [7, 11) is 0. The van der Waals surface area contributed by atoms with Gasteiger partial charge in [-0.05, 0) is 37.7 Å². The van der Waals surface area contributed by atoms with Gasteiger partial charge in [-0.3, -0.25) is 4.79 Å². The second-order valence-corrected chi connectivity index (χ2v) is 5.31. The van der Waals surface area contributed by atoms with Crippen molar-refractivity contribution in [3.05, 3.63) is 23.5 Å². The number of allylic oxidation sites excluding steroid dienone is 2. The van der Waals surface area contributed by atoms with Crippen molar-refractivity contribution in [2.75, 3.05) is 6.54 Å². The molecule has 2 aliphatic rings. The van der Waals surface area contributed by atoms with Crippen molar-refractivity contribution in [1.82, 2.24) is 5.32 Å². The number of hydrogen-bond acceptors (Lipinski definition) is 3. The van der Waals surface area contributed by atoms with Crippen LogP contribution >= 0.6 is 0 Å². The first-order valence-electron chi connectivity index (χ1n) is 6.12. The maximum atomic E-state index is 11.4. The number of nitrogens with one attached hydrogen (secondary N) is 1. The Morgan fingerprint density at radius 1 is 1.65 bits per heavy atom. The minimum Gasteiger partial charge on any atom is -0.481 e. The van der Waals surface area contributed by atoms with Gasteiger partial charge in [0.2, 0.25) is 0 Å². The Balaban J connectivity index is 2.20. The van der Waals surface area contributed by atoms with E-state index in [0.29, 0.717) is 5.70 Å². The van der Waals surface area contributed by atoms with E-state index in [-0.39, 0.29) is 5.92 Å². The Hall–Kier alpha value is -1.45. The highest BCUT2D eigenvalue weighted by Crippen LogP contribution is 2.39. The molecule has 17 heavy (non-hydrogen) atoms. The maximum absolute atomic E-state index is 11.4. The molecule has 4 heteroatoms. The second-order valence-electron chi connectivity index (χ2n) is 5.31. The zero-order valence-electron chi connectivity index (χ0n) is 10.4. The van der Waals surface area contributed by atoms with Crippen LogP contribution in [0.2, 0.25) is 0 Å². The first-order chi connectivity index (χ1) is 7.96. The molecule has 0 radical (unpaired) electrons. The summed E-state index contributed by atoms with van der Waals surface area (Å²) in [5, 5.41) is 12.6. The van der Waals surface area contributed by atoms with Crippen molar-refractivity contribution in [2.24, 2.45) is 23.0 Å². The van der Waals surface area contributed by atoms with E-state index in [2.05, 4.69) is 5.32 Å². The summed E-state index contributed by atoms with van der Waals surface area (Å²) < 4.78 is 0. The SMILES string of the molecule is CC1C=CC(NCC2CC2)=C(N)C1(C)C(=O)O. The van der Waals surface area contributed by atoms with Gasteiger partial charge in [0.1, 0.15) is 5.41 Å². The first kappa shape index (κ1) is 12.0. The second kappa shape index (κ2) is 4.09. The van der Waals surface area contributed by atoms with E-state index in [9.17, 15) is 9.90 Å². The molecular formula is C13H20N2O2. The average Bonchev–Trinajstić information content (AvgIpc) is 3.08. The number of nitrogens with two attached hydrogens (primary N) is 1. The van der Waals surface area contributed by atoms with Gasteiger partial charge in [0, 0.05) is 12.2 Å². The highest BCUT2D eigenvalue weighted by Gasteiger charge is 2.43. The third-order valence-corrected chi connectivity index (χ3v) is 4.03. The van der Waals surface area contributed by atoms with Crippen molar-refractivity contribution >= 4 is 5.97 Å². The molecule has 0 heterocycles. The molecule has 1 fully saturated rings. The third kappa shape index (κ3) is 2.04. The molecule has 2 aliphatic carbocycles. The topological polar surface area (TPSA) is 75.3 Å². The van der Waals surface area contributed by atoms with Crippen LogP contribution in [0.3, 0.4) is 0 Å². The fourth-order valence-corrected chi connectivity index (χ4v) is 2.09. The lowest BCUT2D eigenvalue weighted by Gasteiger charge is -2.34. The molecule has 2 atom stereocenters. The summed E-state index contributed by atoms with van der Waals surface area (Å²) >= 11 is 0. The van der Waals surface area contributed by atoms with Crippen LogP contribution in [0.15, 0.2) is 23.5 Å². The number of hydrogen-bond donors (Lipinski definition) is 3. The van der Waals surface area contributed by atoms with Gasteiger partial charge in [-0.1, -0.05) is 13.0 Å². The molecule has 4 nitrogen and oxygen atoms in total. The fraction of sp³-hybridized carbons (Fsp3) is 0.615. The van der Waals surface area contributed by atoms with Gasteiger partial charge < -0.3 is 16.2 Å². The summed E-state index contributed by atoms with van der Waals surface area (Å²) in [6.07, 6.45) is 6.35. The number of rotatable bonds is 4. The largest absolute Gasteiger partial charge is 0.481 e. The zero-order chi connectivity index (χ0) is 12.6. The van der Waals surface area contributed by atoms with Gasteiger partial charge in [0.15, 0.2) is 0 Å². The van der Waals surface area contributed by atoms with E-state index in [1.165, 1.54) is 12.8 Å². The molecule has 0 amide bonds. The Bertz CT molecular complexity index is 396. The molecule has 0 spiro atoms.